The van der Waals surface area contributed by atoms with Crippen LogP contribution in [0.5, 0.6) is 5.75 Å². The van der Waals surface area contributed by atoms with Crippen molar-refractivity contribution in [2.75, 3.05) is 18.0 Å². The van der Waals surface area contributed by atoms with Crippen molar-refractivity contribution < 1.29 is 22.7 Å². The maximum Gasteiger partial charge on any atom is 0.264 e. The summed E-state index contributed by atoms with van der Waals surface area (Å²) in [5, 5.41) is 3.14. The largest absolute Gasteiger partial charge is 0.497 e. The van der Waals surface area contributed by atoms with Crippen LogP contribution in [0, 0.1) is 0 Å². The van der Waals surface area contributed by atoms with Gasteiger partial charge in [-0.15, -0.1) is 0 Å². The SMILES string of the molecule is CCc1ccc(N(CC(=O)N(Cc2cccc(OC)c2)C(CC)C(=O)NC2CCCC2)S(=O)(=O)c2ccccc2)cc1. The lowest BCUT2D eigenvalue weighted by molar-refractivity contribution is -0.140. The Kier molecular flexibility index (Phi) is 10.6. The van der Waals surface area contributed by atoms with E-state index in [4.69, 9.17) is 4.74 Å². The molecule has 4 rings (SSSR count). The van der Waals surface area contributed by atoms with Gasteiger partial charge in [-0.1, -0.05) is 69.2 Å². The van der Waals surface area contributed by atoms with E-state index in [1.54, 1.807) is 37.4 Å². The van der Waals surface area contributed by atoms with Crippen LogP contribution in [0.4, 0.5) is 5.69 Å². The van der Waals surface area contributed by atoms with Crippen LogP contribution >= 0.6 is 0 Å². The number of nitrogens with one attached hydrogen (secondary N) is 1. The van der Waals surface area contributed by atoms with E-state index in [-0.39, 0.29) is 23.4 Å². The molecule has 3 aromatic carbocycles. The van der Waals surface area contributed by atoms with Crippen LogP contribution in [0.15, 0.2) is 83.8 Å². The van der Waals surface area contributed by atoms with Gasteiger partial charge in [-0.2, -0.15) is 0 Å². The first-order valence-corrected chi connectivity index (χ1v) is 16.1. The molecule has 1 saturated carbocycles. The van der Waals surface area contributed by atoms with Crippen LogP contribution < -0.4 is 14.4 Å². The van der Waals surface area contributed by atoms with Crippen molar-refractivity contribution in [3.05, 3.63) is 90.0 Å². The van der Waals surface area contributed by atoms with Crippen molar-refractivity contribution in [3.63, 3.8) is 0 Å². The van der Waals surface area contributed by atoms with Gasteiger partial charge in [0.1, 0.15) is 18.3 Å². The van der Waals surface area contributed by atoms with Gasteiger partial charge in [0.25, 0.3) is 10.0 Å². The molecular weight excluding hydrogens is 550 g/mol. The number of nitrogens with zero attached hydrogens (tertiary/aromatic N) is 2. The third-order valence-electron chi connectivity index (χ3n) is 7.82. The highest BCUT2D eigenvalue weighted by atomic mass is 32.2. The highest BCUT2D eigenvalue weighted by Crippen LogP contribution is 2.26. The third kappa shape index (κ3) is 7.50. The maximum atomic E-state index is 14.2. The van der Waals surface area contributed by atoms with Gasteiger partial charge >= 0.3 is 0 Å². The summed E-state index contributed by atoms with van der Waals surface area (Å²) in [6, 6.07) is 21.9. The van der Waals surface area contributed by atoms with Crippen molar-refractivity contribution >= 4 is 27.5 Å². The summed E-state index contributed by atoms with van der Waals surface area (Å²) in [7, 11) is -2.52. The molecule has 1 fully saturated rings. The quantitative estimate of drug-likeness (QED) is 0.290. The average Bonchev–Trinajstić information content (AvgIpc) is 3.53. The number of amides is 2. The molecule has 1 N–H and O–H groups in total. The Bertz CT molecular complexity index is 1440. The number of ether oxygens (including phenoxy) is 1. The Balaban J connectivity index is 1.71. The minimum atomic E-state index is -4.09. The lowest BCUT2D eigenvalue weighted by atomic mass is 10.1. The van der Waals surface area contributed by atoms with Crippen LogP contribution in [-0.4, -0.2) is 50.9 Å². The normalized spacial score (nSPS) is 14.3. The number of benzene rings is 3. The second kappa shape index (κ2) is 14.4. The van der Waals surface area contributed by atoms with Crippen LogP contribution in [0.3, 0.4) is 0 Å². The van der Waals surface area contributed by atoms with Crippen LogP contribution in [-0.2, 0) is 32.6 Å². The van der Waals surface area contributed by atoms with Gasteiger partial charge in [-0.3, -0.25) is 13.9 Å². The van der Waals surface area contributed by atoms with Gasteiger partial charge in [0.15, 0.2) is 0 Å². The van der Waals surface area contributed by atoms with Crippen molar-refractivity contribution in [2.24, 2.45) is 0 Å². The van der Waals surface area contributed by atoms with Crippen LogP contribution in [0.2, 0.25) is 0 Å². The van der Waals surface area contributed by atoms with E-state index < -0.39 is 28.5 Å². The lowest BCUT2D eigenvalue weighted by Gasteiger charge is -2.34. The Morgan fingerprint density at radius 1 is 0.929 bits per heavy atom. The zero-order valence-corrected chi connectivity index (χ0v) is 25.5. The first-order valence-electron chi connectivity index (χ1n) is 14.7. The smallest absolute Gasteiger partial charge is 0.264 e. The molecule has 3 aromatic rings. The predicted octanol–water partition coefficient (Wildman–Crippen LogP) is 5.32. The first-order chi connectivity index (χ1) is 20.3. The Hall–Kier alpha value is -3.85. The molecule has 1 aliphatic rings. The van der Waals surface area contributed by atoms with Gasteiger partial charge in [0.2, 0.25) is 11.8 Å². The number of sulfonamides is 1. The van der Waals surface area contributed by atoms with E-state index in [1.165, 1.54) is 17.0 Å². The topological polar surface area (TPSA) is 96.0 Å². The van der Waals surface area contributed by atoms with Crippen LogP contribution in [0.25, 0.3) is 0 Å². The van der Waals surface area contributed by atoms with E-state index in [9.17, 15) is 18.0 Å². The molecule has 0 heterocycles. The number of hydrogen-bond acceptors (Lipinski definition) is 5. The fourth-order valence-corrected chi connectivity index (χ4v) is 6.84. The molecule has 0 aromatic heterocycles. The molecule has 1 aliphatic carbocycles. The second-order valence-electron chi connectivity index (χ2n) is 10.6. The van der Waals surface area contributed by atoms with Crippen molar-refractivity contribution in [3.8, 4) is 5.75 Å². The van der Waals surface area contributed by atoms with E-state index in [2.05, 4.69) is 5.32 Å². The Morgan fingerprint density at radius 3 is 2.24 bits per heavy atom. The molecule has 0 spiro atoms. The molecule has 1 unspecified atom stereocenters. The molecule has 2 amide bonds. The molecule has 0 aliphatic heterocycles. The molecule has 1 atom stereocenters. The molecule has 0 bridgehead atoms. The summed E-state index contributed by atoms with van der Waals surface area (Å²) < 4.78 is 34.4. The van der Waals surface area contributed by atoms with Gasteiger partial charge in [-0.05, 0) is 73.2 Å². The standard InChI is InChI=1S/C33H41N3O5S/c1-4-25-18-20-28(21-19-25)36(42(39,40)30-16-7-6-8-17-30)24-32(37)35(23-26-12-11-15-29(22-26)41-3)31(5-2)33(38)34-27-13-9-10-14-27/h6-8,11-12,15-22,27,31H,4-5,9-10,13-14,23-24H2,1-3H3,(H,34,38). The number of methoxy groups -OCH3 is 1. The minimum Gasteiger partial charge on any atom is -0.497 e. The van der Waals surface area contributed by atoms with Crippen molar-refractivity contribution in [1.29, 1.82) is 0 Å². The zero-order valence-electron chi connectivity index (χ0n) is 24.7. The number of carbonyl (C=O) groups excluding carboxylic acids is 2. The zero-order chi connectivity index (χ0) is 30.1. The molecule has 0 radical (unpaired) electrons. The second-order valence-corrected chi connectivity index (χ2v) is 12.5. The number of rotatable bonds is 13. The first kappa shape index (κ1) is 31.1. The van der Waals surface area contributed by atoms with Crippen molar-refractivity contribution in [1.82, 2.24) is 10.2 Å². The number of anilines is 1. The highest BCUT2D eigenvalue weighted by Gasteiger charge is 2.34. The molecule has 42 heavy (non-hydrogen) atoms. The summed E-state index contributed by atoms with van der Waals surface area (Å²) in [6.45, 7) is 3.56. The average molecular weight is 592 g/mol. The predicted molar refractivity (Wildman–Crippen MR) is 165 cm³/mol. The molecule has 0 saturated heterocycles. The summed E-state index contributed by atoms with van der Waals surface area (Å²) in [5.41, 5.74) is 2.21. The third-order valence-corrected chi connectivity index (χ3v) is 9.61. The number of aryl methyl sites for hydroxylation is 1. The fraction of sp³-hybridized carbons (Fsp3) is 0.394. The molecule has 224 valence electrons. The van der Waals surface area contributed by atoms with Gasteiger partial charge in [-0.25, -0.2) is 8.42 Å². The fourth-order valence-electron chi connectivity index (χ4n) is 5.40. The van der Waals surface area contributed by atoms with E-state index in [0.717, 1.165) is 47.5 Å². The number of hydrogen-bond donors (Lipinski definition) is 1. The molecule has 9 heteroatoms. The van der Waals surface area contributed by atoms with E-state index >= 15 is 0 Å². The van der Waals surface area contributed by atoms with Crippen LogP contribution in [0.1, 0.15) is 57.1 Å². The van der Waals surface area contributed by atoms with Gasteiger partial charge < -0.3 is 15.0 Å². The van der Waals surface area contributed by atoms with Gasteiger partial charge in [0, 0.05) is 12.6 Å². The summed E-state index contributed by atoms with van der Waals surface area (Å²) in [6.07, 6.45) is 5.15. The highest BCUT2D eigenvalue weighted by molar-refractivity contribution is 7.92. The molecule has 8 nitrogen and oxygen atoms in total. The summed E-state index contributed by atoms with van der Waals surface area (Å²) in [5.74, 6) is -0.0524. The van der Waals surface area contributed by atoms with Crippen molar-refractivity contribution in [2.45, 2.75) is 75.9 Å². The summed E-state index contributed by atoms with van der Waals surface area (Å²) >= 11 is 0. The number of carbonyl (C=O) groups is 2. The van der Waals surface area contributed by atoms with E-state index in [0.29, 0.717) is 17.9 Å². The maximum absolute atomic E-state index is 14.2. The van der Waals surface area contributed by atoms with E-state index in [1.807, 2.05) is 50.2 Å². The molecular formula is C33H41N3O5S. The monoisotopic (exact) mass is 591 g/mol. The van der Waals surface area contributed by atoms with Gasteiger partial charge in [0.05, 0.1) is 17.7 Å². The lowest BCUT2D eigenvalue weighted by Crippen LogP contribution is -2.53. The summed E-state index contributed by atoms with van der Waals surface area (Å²) in [4.78, 5) is 29.4. The Morgan fingerprint density at radius 2 is 1.62 bits per heavy atom. The minimum absolute atomic E-state index is 0.0859. The Labute approximate surface area is 249 Å².